The number of hydrogen-bond acceptors (Lipinski definition) is 6. The maximum absolute atomic E-state index is 5.66. The van der Waals surface area contributed by atoms with Gasteiger partial charge < -0.3 is 15.0 Å². The Morgan fingerprint density at radius 2 is 2.05 bits per heavy atom. The highest BCUT2D eigenvalue weighted by atomic mass is 16.5. The van der Waals surface area contributed by atoms with Crippen molar-refractivity contribution in [2.75, 3.05) is 37.5 Å². The van der Waals surface area contributed by atoms with Crippen molar-refractivity contribution in [1.82, 2.24) is 15.0 Å². The summed E-state index contributed by atoms with van der Waals surface area (Å²) in [6.45, 7) is 3.47. The zero-order chi connectivity index (χ0) is 13.7. The lowest BCUT2D eigenvalue weighted by atomic mass is 9.83. The van der Waals surface area contributed by atoms with E-state index in [1.165, 1.54) is 19.3 Å². The van der Waals surface area contributed by atoms with E-state index in [1.807, 2.05) is 25.9 Å². The van der Waals surface area contributed by atoms with E-state index in [1.54, 1.807) is 0 Å². The second-order valence-electron chi connectivity index (χ2n) is 5.10. The van der Waals surface area contributed by atoms with Gasteiger partial charge in [-0.1, -0.05) is 19.3 Å². The van der Waals surface area contributed by atoms with Gasteiger partial charge in [0.25, 0.3) is 0 Å². The van der Waals surface area contributed by atoms with E-state index >= 15 is 0 Å². The molecule has 0 atom stereocenters. The predicted octanol–water partition coefficient (Wildman–Crippen LogP) is 1.94. The first-order valence-corrected chi connectivity index (χ1v) is 6.99. The molecule has 1 aromatic rings. The lowest BCUT2D eigenvalue weighted by molar-refractivity contribution is 0.212. The van der Waals surface area contributed by atoms with Gasteiger partial charge >= 0.3 is 6.01 Å². The number of anilines is 2. The van der Waals surface area contributed by atoms with Crippen molar-refractivity contribution in [3.05, 3.63) is 0 Å². The zero-order valence-electron chi connectivity index (χ0n) is 12.0. The third-order valence-electron chi connectivity index (χ3n) is 3.32. The van der Waals surface area contributed by atoms with Crippen LogP contribution in [0.1, 0.15) is 32.6 Å². The van der Waals surface area contributed by atoms with Crippen molar-refractivity contribution in [1.29, 1.82) is 0 Å². The van der Waals surface area contributed by atoms with Gasteiger partial charge in [0.1, 0.15) is 0 Å². The quantitative estimate of drug-likeness (QED) is 0.813. The molecule has 1 fully saturated rings. The molecule has 0 aliphatic heterocycles. The van der Waals surface area contributed by atoms with E-state index in [2.05, 4.69) is 20.3 Å². The third-order valence-corrected chi connectivity index (χ3v) is 3.32. The average molecular weight is 265 g/mol. The van der Waals surface area contributed by atoms with E-state index in [4.69, 9.17) is 4.74 Å². The lowest BCUT2D eigenvalue weighted by Crippen LogP contribution is -2.18. The van der Waals surface area contributed by atoms with Gasteiger partial charge in [0.2, 0.25) is 11.9 Å². The van der Waals surface area contributed by atoms with E-state index < -0.39 is 0 Å². The maximum atomic E-state index is 5.66. The standard InChI is InChI=1S/C13H23N5O/c1-4-14-11-15-12(18(2)3)17-13(16-11)19-9-8-10-6-5-7-10/h10H,4-9H2,1-3H3,(H,14,15,16,17). The molecule has 1 saturated carbocycles. The monoisotopic (exact) mass is 265 g/mol. The fraction of sp³-hybridized carbons (Fsp3) is 0.769. The van der Waals surface area contributed by atoms with Gasteiger partial charge in [-0.15, -0.1) is 0 Å². The normalized spacial score (nSPS) is 14.9. The molecule has 19 heavy (non-hydrogen) atoms. The first kappa shape index (κ1) is 13.8. The number of hydrogen-bond donors (Lipinski definition) is 1. The average Bonchev–Trinajstić information content (AvgIpc) is 2.32. The molecule has 0 unspecified atom stereocenters. The molecule has 1 heterocycles. The Hall–Kier alpha value is -1.59. The van der Waals surface area contributed by atoms with Crippen molar-refractivity contribution in [2.24, 2.45) is 5.92 Å². The van der Waals surface area contributed by atoms with Crippen LogP contribution in [-0.2, 0) is 0 Å². The molecule has 0 radical (unpaired) electrons. The molecule has 1 aliphatic rings. The molecule has 0 amide bonds. The molecular weight excluding hydrogens is 242 g/mol. The Kier molecular flexibility index (Phi) is 4.76. The smallest absolute Gasteiger partial charge is 0.323 e. The van der Waals surface area contributed by atoms with E-state index in [-0.39, 0.29) is 0 Å². The molecule has 2 rings (SSSR count). The largest absolute Gasteiger partial charge is 0.463 e. The summed E-state index contributed by atoms with van der Waals surface area (Å²) >= 11 is 0. The number of rotatable bonds is 7. The molecular formula is C13H23N5O. The van der Waals surface area contributed by atoms with Gasteiger partial charge in [-0.05, 0) is 19.3 Å². The number of ether oxygens (including phenoxy) is 1. The van der Waals surface area contributed by atoms with Crippen LogP contribution in [0, 0.1) is 5.92 Å². The Labute approximate surface area is 114 Å². The molecule has 0 saturated heterocycles. The van der Waals surface area contributed by atoms with Crippen LogP contribution in [-0.4, -0.2) is 42.2 Å². The van der Waals surface area contributed by atoms with Gasteiger partial charge in [0.05, 0.1) is 6.61 Å². The van der Waals surface area contributed by atoms with Crippen molar-refractivity contribution >= 4 is 11.9 Å². The highest BCUT2D eigenvalue weighted by Gasteiger charge is 2.17. The molecule has 106 valence electrons. The molecule has 6 heteroatoms. The van der Waals surface area contributed by atoms with E-state index in [0.717, 1.165) is 18.9 Å². The predicted molar refractivity (Wildman–Crippen MR) is 75.8 cm³/mol. The fourth-order valence-corrected chi connectivity index (χ4v) is 1.95. The van der Waals surface area contributed by atoms with Gasteiger partial charge in [-0.25, -0.2) is 0 Å². The minimum atomic E-state index is 0.411. The molecule has 1 aromatic heterocycles. The molecule has 1 N–H and O–H groups in total. The summed E-state index contributed by atoms with van der Waals surface area (Å²) in [5.74, 6) is 2.02. The molecule has 1 aliphatic carbocycles. The van der Waals surface area contributed by atoms with Crippen LogP contribution < -0.4 is 15.0 Å². The van der Waals surface area contributed by atoms with Crippen LogP contribution in [0.2, 0.25) is 0 Å². The van der Waals surface area contributed by atoms with Crippen molar-refractivity contribution in [3.8, 4) is 6.01 Å². The summed E-state index contributed by atoms with van der Waals surface area (Å²) in [5, 5.41) is 3.10. The second kappa shape index (κ2) is 6.54. The van der Waals surface area contributed by atoms with Crippen molar-refractivity contribution in [2.45, 2.75) is 32.6 Å². The van der Waals surface area contributed by atoms with Crippen LogP contribution in [0.3, 0.4) is 0 Å². The van der Waals surface area contributed by atoms with E-state index in [9.17, 15) is 0 Å². The van der Waals surface area contributed by atoms with Gasteiger partial charge in [-0.2, -0.15) is 15.0 Å². The summed E-state index contributed by atoms with van der Waals surface area (Å²) in [6, 6.07) is 0.411. The lowest BCUT2D eigenvalue weighted by Gasteiger charge is -2.24. The van der Waals surface area contributed by atoms with Gasteiger partial charge in [-0.3, -0.25) is 0 Å². The highest BCUT2D eigenvalue weighted by Crippen LogP contribution is 2.29. The SMILES string of the molecule is CCNc1nc(OCCC2CCC2)nc(N(C)C)n1. The summed E-state index contributed by atoms with van der Waals surface area (Å²) in [7, 11) is 3.81. The highest BCUT2D eigenvalue weighted by molar-refractivity contribution is 5.36. The second-order valence-corrected chi connectivity index (χ2v) is 5.10. The fourth-order valence-electron chi connectivity index (χ4n) is 1.95. The summed E-state index contributed by atoms with van der Waals surface area (Å²) in [5.41, 5.74) is 0. The summed E-state index contributed by atoms with van der Waals surface area (Å²) < 4.78 is 5.66. The van der Waals surface area contributed by atoms with Gasteiger partial charge in [0, 0.05) is 20.6 Å². The first-order chi connectivity index (χ1) is 9.19. The third kappa shape index (κ3) is 3.94. The number of nitrogens with one attached hydrogen (secondary N) is 1. The molecule has 0 aromatic carbocycles. The number of nitrogens with zero attached hydrogens (tertiary/aromatic N) is 4. The van der Waals surface area contributed by atoms with Crippen LogP contribution in [0.5, 0.6) is 6.01 Å². The van der Waals surface area contributed by atoms with Crippen LogP contribution >= 0.6 is 0 Å². The van der Waals surface area contributed by atoms with Crippen molar-refractivity contribution in [3.63, 3.8) is 0 Å². The van der Waals surface area contributed by atoms with Gasteiger partial charge in [0.15, 0.2) is 0 Å². The van der Waals surface area contributed by atoms with Crippen LogP contribution in [0.4, 0.5) is 11.9 Å². The topological polar surface area (TPSA) is 63.2 Å². The zero-order valence-corrected chi connectivity index (χ0v) is 12.0. The summed E-state index contributed by atoms with van der Waals surface area (Å²) in [4.78, 5) is 14.7. The molecule has 0 spiro atoms. The molecule has 6 nitrogen and oxygen atoms in total. The Morgan fingerprint density at radius 3 is 2.63 bits per heavy atom. The minimum absolute atomic E-state index is 0.411. The first-order valence-electron chi connectivity index (χ1n) is 6.99. The Balaban J connectivity index is 1.96. The minimum Gasteiger partial charge on any atom is -0.463 e. The Bertz CT molecular complexity index is 406. The van der Waals surface area contributed by atoms with E-state index in [0.29, 0.717) is 24.5 Å². The van der Waals surface area contributed by atoms with Crippen LogP contribution in [0.15, 0.2) is 0 Å². The summed E-state index contributed by atoms with van der Waals surface area (Å²) in [6.07, 6.45) is 5.14. The maximum Gasteiger partial charge on any atom is 0.323 e. The number of aromatic nitrogens is 3. The van der Waals surface area contributed by atoms with Crippen molar-refractivity contribution < 1.29 is 4.74 Å². The van der Waals surface area contributed by atoms with Crippen LogP contribution in [0.25, 0.3) is 0 Å². The molecule has 0 bridgehead atoms. The Morgan fingerprint density at radius 1 is 1.26 bits per heavy atom.